The van der Waals surface area contributed by atoms with Gasteiger partial charge in [-0.05, 0) is 35.9 Å². The first-order chi connectivity index (χ1) is 10.2. The number of hydrogen-bond donors (Lipinski definition) is 1. The van der Waals surface area contributed by atoms with Crippen LogP contribution < -0.4 is 4.74 Å². The molecule has 0 amide bonds. The Morgan fingerprint density at radius 1 is 1.19 bits per heavy atom. The molecule has 1 atom stereocenters. The second-order valence-electron chi connectivity index (χ2n) is 5.20. The highest BCUT2D eigenvalue weighted by Gasteiger charge is 2.16. The molecule has 1 heterocycles. The van der Waals surface area contributed by atoms with Crippen molar-refractivity contribution in [2.45, 2.75) is 18.9 Å². The van der Waals surface area contributed by atoms with Gasteiger partial charge in [0.15, 0.2) is 0 Å². The van der Waals surface area contributed by atoms with Gasteiger partial charge in [0.2, 0.25) is 0 Å². The third-order valence-electron chi connectivity index (χ3n) is 3.55. The van der Waals surface area contributed by atoms with Crippen molar-refractivity contribution >= 4 is 0 Å². The predicted octanol–water partition coefficient (Wildman–Crippen LogP) is 3.29. The van der Waals surface area contributed by atoms with Gasteiger partial charge in [-0.1, -0.05) is 12.1 Å². The first-order valence-electron chi connectivity index (χ1n) is 7.01. The summed E-state index contributed by atoms with van der Waals surface area (Å²) in [4.78, 5) is 0. The van der Waals surface area contributed by atoms with Gasteiger partial charge in [-0.25, -0.2) is 4.39 Å². The second kappa shape index (κ2) is 6.14. The molecule has 21 heavy (non-hydrogen) atoms. The Labute approximate surface area is 122 Å². The molecule has 1 fully saturated rings. The molecule has 3 nitrogen and oxygen atoms in total. The fraction of sp³-hybridized carbons (Fsp3) is 0.294. The highest BCUT2D eigenvalue weighted by atomic mass is 19.1. The van der Waals surface area contributed by atoms with Gasteiger partial charge >= 0.3 is 0 Å². The van der Waals surface area contributed by atoms with Crippen LogP contribution in [-0.4, -0.2) is 24.4 Å². The van der Waals surface area contributed by atoms with E-state index >= 15 is 0 Å². The van der Waals surface area contributed by atoms with Crippen LogP contribution in [0.1, 0.15) is 17.5 Å². The summed E-state index contributed by atoms with van der Waals surface area (Å²) in [5.74, 6) is 0.571. The van der Waals surface area contributed by atoms with Crippen molar-refractivity contribution in [1.29, 1.82) is 0 Å². The Kier molecular flexibility index (Phi) is 4.06. The standard InChI is InChI=1S/C17H17FO3/c18-14-3-6-17(19)13(10-14)9-12-1-4-15(5-2-12)21-16-7-8-20-11-16/h1-6,10,16,19H,7-9,11H2. The van der Waals surface area contributed by atoms with E-state index in [2.05, 4.69) is 0 Å². The van der Waals surface area contributed by atoms with Gasteiger partial charge in [-0.2, -0.15) is 0 Å². The molecular formula is C17H17FO3. The Balaban J connectivity index is 1.67. The average Bonchev–Trinajstić information content (AvgIpc) is 2.98. The smallest absolute Gasteiger partial charge is 0.124 e. The van der Waals surface area contributed by atoms with E-state index in [4.69, 9.17) is 9.47 Å². The monoisotopic (exact) mass is 288 g/mol. The van der Waals surface area contributed by atoms with Crippen molar-refractivity contribution in [3.8, 4) is 11.5 Å². The van der Waals surface area contributed by atoms with Crippen molar-refractivity contribution in [2.24, 2.45) is 0 Å². The Bertz CT molecular complexity index is 604. The lowest BCUT2D eigenvalue weighted by Gasteiger charge is -2.12. The molecule has 4 heteroatoms. The lowest BCUT2D eigenvalue weighted by atomic mass is 10.0. The zero-order valence-corrected chi connectivity index (χ0v) is 11.6. The molecule has 2 aromatic rings. The Hall–Kier alpha value is -2.07. The SMILES string of the molecule is Oc1ccc(F)cc1Cc1ccc(OC2CCOC2)cc1. The second-order valence-corrected chi connectivity index (χ2v) is 5.20. The maximum atomic E-state index is 13.2. The summed E-state index contributed by atoms with van der Waals surface area (Å²) in [5, 5.41) is 9.74. The van der Waals surface area contributed by atoms with E-state index in [1.807, 2.05) is 24.3 Å². The van der Waals surface area contributed by atoms with Gasteiger partial charge < -0.3 is 14.6 Å². The molecule has 0 radical (unpaired) electrons. The van der Waals surface area contributed by atoms with Crippen LogP contribution in [-0.2, 0) is 11.2 Å². The van der Waals surface area contributed by atoms with Crippen LogP contribution in [0.3, 0.4) is 0 Å². The lowest BCUT2D eigenvalue weighted by molar-refractivity contribution is 0.141. The molecule has 0 bridgehead atoms. The summed E-state index contributed by atoms with van der Waals surface area (Å²) in [6.45, 7) is 1.39. The van der Waals surface area contributed by atoms with E-state index in [0.29, 0.717) is 18.6 Å². The summed E-state index contributed by atoms with van der Waals surface area (Å²) in [5.41, 5.74) is 1.57. The predicted molar refractivity (Wildman–Crippen MR) is 77.2 cm³/mol. The largest absolute Gasteiger partial charge is 0.508 e. The van der Waals surface area contributed by atoms with Gasteiger partial charge in [0, 0.05) is 18.4 Å². The van der Waals surface area contributed by atoms with Gasteiger partial charge in [-0.15, -0.1) is 0 Å². The van der Waals surface area contributed by atoms with Gasteiger partial charge in [0.1, 0.15) is 23.4 Å². The number of phenolic OH excluding ortho intramolecular Hbond substituents is 1. The number of aromatic hydroxyl groups is 1. The van der Waals surface area contributed by atoms with E-state index in [-0.39, 0.29) is 17.7 Å². The Morgan fingerprint density at radius 2 is 2.00 bits per heavy atom. The molecule has 1 aliphatic rings. The third-order valence-corrected chi connectivity index (χ3v) is 3.55. The molecule has 3 rings (SSSR count). The minimum atomic E-state index is -0.344. The van der Waals surface area contributed by atoms with Crippen molar-refractivity contribution < 1.29 is 19.0 Å². The molecule has 1 saturated heterocycles. The summed E-state index contributed by atoms with van der Waals surface area (Å²) in [7, 11) is 0. The van der Waals surface area contributed by atoms with Crippen LogP contribution in [0.25, 0.3) is 0 Å². The zero-order valence-electron chi connectivity index (χ0n) is 11.6. The first-order valence-corrected chi connectivity index (χ1v) is 7.01. The number of phenols is 1. The molecular weight excluding hydrogens is 271 g/mol. The van der Waals surface area contributed by atoms with E-state index in [1.54, 1.807) is 0 Å². The summed E-state index contributed by atoms with van der Waals surface area (Å²) >= 11 is 0. The highest BCUT2D eigenvalue weighted by Crippen LogP contribution is 2.23. The van der Waals surface area contributed by atoms with Gasteiger partial charge in [-0.3, -0.25) is 0 Å². The van der Waals surface area contributed by atoms with Crippen LogP contribution >= 0.6 is 0 Å². The van der Waals surface area contributed by atoms with Crippen LogP contribution in [0.4, 0.5) is 4.39 Å². The summed E-state index contributed by atoms with van der Waals surface area (Å²) < 4.78 is 24.3. The molecule has 1 aliphatic heterocycles. The Morgan fingerprint density at radius 3 is 2.71 bits per heavy atom. The molecule has 0 aliphatic carbocycles. The average molecular weight is 288 g/mol. The van der Waals surface area contributed by atoms with Crippen LogP contribution in [0, 0.1) is 5.82 Å². The molecule has 0 spiro atoms. The molecule has 110 valence electrons. The molecule has 0 aromatic heterocycles. The maximum absolute atomic E-state index is 13.2. The molecule has 1 unspecified atom stereocenters. The highest BCUT2D eigenvalue weighted by molar-refractivity contribution is 5.38. The van der Waals surface area contributed by atoms with E-state index < -0.39 is 0 Å². The summed E-state index contributed by atoms with van der Waals surface area (Å²) in [6.07, 6.45) is 1.53. The van der Waals surface area contributed by atoms with E-state index in [9.17, 15) is 9.50 Å². The summed E-state index contributed by atoms with van der Waals surface area (Å²) in [6, 6.07) is 11.6. The van der Waals surface area contributed by atoms with Crippen LogP contribution in [0.15, 0.2) is 42.5 Å². The van der Waals surface area contributed by atoms with E-state index in [0.717, 1.165) is 24.3 Å². The number of benzene rings is 2. The number of ether oxygens (including phenoxy) is 2. The molecule has 2 aromatic carbocycles. The minimum Gasteiger partial charge on any atom is -0.508 e. The fourth-order valence-electron chi connectivity index (χ4n) is 2.40. The maximum Gasteiger partial charge on any atom is 0.124 e. The normalized spacial score (nSPS) is 17.9. The van der Waals surface area contributed by atoms with Crippen LogP contribution in [0.5, 0.6) is 11.5 Å². The number of rotatable bonds is 4. The quantitative estimate of drug-likeness (QED) is 0.938. The molecule has 1 N–H and O–H groups in total. The minimum absolute atomic E-state index is 0.111. The van der Waals surface area contributed by atoms with Crippen molar-refractivity contribution in [1.82, 2.24) is 0 Å². The fourth-order valence-corrected chi connectivity index (χ4v) is 2.40. The third kappa shape index (κ3) is 3.52. The topological polar surface area (TPSA) is 38.7 Å². The molecule has 0 saturated carbocycles. The van der Waals surface area contributed by atoms with Crippen molar-refractivity contribution in [2.75, 3.05) is 13.2 Å². The lowest BCUT2D eigenvalue weighted by Crippen LogP contribution is -2.15. The van der Waals surface area contributed by atoms with E-state index in [1.165, 1.54) is 18.2 Å². The van der Waals surface area contributed by atoms with Gasteiger partial charge in [0.25, 0.3) is 0 Å². The number of halogens is 1. The van der Waals surface area contributed by atoms with Crippen molar-refractivity contribution in [3.63, 3.8) is 0 Å². The first kappa shape index (κ1) is 13.9. The number of hydrogen-bond acceptors (Lipinski definition) is 3. The van der Waals surface area contributed by atoms with Crippen LogP contribution in [0.2, 0.25) is 0 Å². The van der Waals surface area contributed by atoms with Gasteiger partial charge in [0.05, 0.1) is 13.2 Å². The van der Waals surface area contributed by atoms with Crippen molar-refractivity contribution in [3.05, 3.63) is 59.4 Å². The zero-order chi connectivity index (χ0) is 14.7.